The standard InChI is InChI=1S/C16H14N2O6S/c1-24-15-8-6-12(10-16(15)25(17,22)23)14(19)7-5-11-3-2-4-13(9-11)18(20)21/h2-10H,1H3,(H2,17,22,23)/b7-5+. The Morgan fingerprint density at radius 3 is 2.56 bits per heavy atom. The zero-order chi connectivity index (χ0) is 18.6. The Hall–Kier alpha value is -3.04. The zero-order valence-electron chi connectivity index (χ0n) is 13.1. The van der Waals surface area contributed by atoms with E-state index in [2.05, 4.69) is 0 Å². The highest BCUT2D eigenvalue weighted by molar-refractivity contribution is 7.89. The Kier molecular flexibility index (Phi) is 5.30. The topological polar surface area (TPSA) is 130 Å². The lowest BCUT2D eigenvalue weighted by Gasteiger charge is -2.07. The average molecular weight is 362 g/mol. The summed E-state index contributed by atoms with van der Waals surface area (Å²) in [5.74, 6) is -0.458. The molecule has 130 valence electrons. The van der Waals surface area contributed by atoms with Gasteiger partial charge in [0.05, 0.1) is 12.0 Å². The van der Waals surface area contributed by atoms with Gasteiger partial charge in [-0.05, 0) is 29.8 Å². The van der Waals surface area contributed by atoms with Gasteiger partial charge < -0.3 is 4.74 Å². The Morgan fingerprint density at radius 1 is 1.24 bits per heavy atom. The molecule has 9 heteroatoms. The maximum atomic E-state index is 12.2. The van der Waals surface area contributed by atoms with Crippen molar-refractivity contribution in [1.82, 2.24) is 0 Å². The van der Waals surface area contributed by atoms with Crippen molar-refractivity contribution in [1.29, 1.82) is 0 Å². The molecule has 25 heavy (non-hydrogen) atoms. The number of nitro benzene ring substituents is 1. The van der Waals surface area contributed by atoms with Crippen LogP contribution in [0.15, 0.2) is 53.4 Å². The third-order valence-corrected chi connectivity index (χ3v) is 4.19. The van der Waals surface area contributed by atoms with Gasteiger partial charge in [-0.15, -0.1) is 0 Å². The van der Waals surface area contributed by atoms with Crippen LogP contribution in [-0.4, -0.2) is 26.2 Å². The van der Waals surface area contributed by atoms with Crippen LogP contribution >= 0.6 is 0 Å². The van der Waals surface area contributed by atoms with Crippen LogP contribution in [0.1, 0.15) is 15.9 Å². The van der Waals surface area contributed by atoms with Crippen molar-refractivity contribution in [3.05, 3.63) is 69.8 Å². The maximum absolute atomic E-state index is 12.2. The second-order valence-electron chi connectivity index (χ2n) is 4.96. The monoisotopic (exact) mass is 362 g/mol. The molecule has 0 aromatic heterocycles. The van der Waals surface area contributed by atoms with Crippen molar-refractivity contribution in [3.8, 4) is 5.75 Å². The molecule has 0 atom stereocenters. The van der Waals surface area contributed by atoms with E-state index in [1.54, 1.807) is 6.07 Å². The molecule has 0 amide bonds. The lowest BCUT2D eigenvalue weighted by atomic mass is 10.1. The van der Waals surface area contributed by atoms with E-state index in [0.717, 1.165) is 6.07 Å². The summed E-state index contributed by atoms with van der Waals surface area (Å²) in [6, 6.07) is 9.58. The average Bonchev–Trinajstić information content (AvgIpc) is 2.58. The highest BCUT2D eigenvalue weighted by Gasteiger charge is 2.17. The van der Waals surface area contributed by atoms with Crippen LogP contribution < -0.4 is 9.88 Å². The first-order valence-corrected chi connectivity index (χ1v) is 8.44. The third kappa shape index (κ3) is 4.49. The van der Waals surface area contributed by atoms with Crippen molar-refractivity contribution >= 4 is 27.6 Å². The normalized spacial score (nSPS) is 11.4. The number of carbonyl (C=O) groups is 1. The summed E-state index contributed by atoms with van der Waals surface area (Å²) >= 11 is 0. The second-order valence-corrected chi connectivity index (χ2v) is 6.49. The number of nitrogens with zero attached hydrogens (tertiary/aromatic N) is 1. The van der Waals surface area contributed by atoms with Gasteiger partial charge in [-0.1, -0.05) is 18.2 Å². The Balaban J connectivity index is 2.32. The van der Waals surface area contributed by atoms with Gasteiger partial charge in [-0.3, -0.25) is 14.9 Å². The van der Waals surface area contributed by atoms with Crippen molar-refractivity contribution in [2.24, 2.45) is 5.14 Å². The molecule has 0 aliphatic rings. The number of nitro groups is 1. The molecule has 2 N–H and O–H groups in total. The molecule has 0 saturated carbocycles. The van der Waals surface area contributed by atoms with Gasteiger partial charge in [0, 0.05) is 17.7 Å². The quantitative estimate of drug-likeness (QED) is 0.363. The Morgan fingerprint density at radius 2 is 1.96 bits per heavy atom. The summed E-state index contributed by atoms with van der Waals surface area (Å²) in [7, 11) is -2.77. The number of primary sulfonamides is 1. The molecule has 2 rings (SSSR count). The molecule has 0 radical (unpaired) electrons. The van der Waals surface area contributed by atoms with Crippen molar-refractivity contribution in [3.63, 3.8) is 0 Å². The minimum Gasteiger partial charge on any atom is -0.495 e. The Labute approximate surface area is 143 Å². The first kappa shape index (κ1) is 18.3. The minimum atomic E-state index is -4.06. The van der Waals surface area contributed by atoms with Gasteiger partial charge in [0.2, 0.25) is 10.0 Å². The van der Waals surface area contributed by atoms with Crippen LogP contribution in [0.2, 0.25) is 0 Å². The fraction of sp³-hybridized carbons (Fsp3) is 0.0625. The van der Waals surface area contributed by atoms with E-state index >= 15 is 0 Å². The number of ketones is 1. The highest BCUT2D eigenvalue weighted by atomic mass is 32.2. The molecule has 0 fully saturated rings. The van der Waals surface area contributed by atoms with Gasteiger partial charge in [-0.25, -0.2) is 13.6 Å². The molecule has 0 unspecified atom stereocenters. The van der Waals surface area contributed by atoms with Crippen LogP contribution in [-0.2, 0) is 10.0 Å². The number of non-ortho nitro benzene ring substituents is 1. The van der Waals surface area contributed by atoms with Crippen LogP contribution in [0.5, 0.6) is 5.75 Å². The van der Waals surface area contributed by atoms with Crippen LogP contribution in [0.25, 0.3) is 6.08 Å². The smallest absolute Gasteiger partial charge is 0.270 e. The number of sulfonamides is 1. The van der Waals surface area contributed by atoms with E-state index < -0.39 is 20.7 Å². The number of hydrogen-bond acceptors (Lipinski definition) is 6. The summed E-state index contributed by atoms with van der Waals surface area (Å²) in [6.45, 7) is 0. The van der Waals surface area contributed by atoms with Gasteiger partial charge >= 0.3 is 0 Å². The predicted molar refractivity (Wildman–Crippen MR) is 90.8 cm³/mol. The van der Waals surface area contributed by atoms with Crippen LogP contribution in [0.4, 0.5) is 5.69 Å². The number of benzene rings is 2. The number of rotatable bonds is 6. The number of nitrogens with two attached hydrogens (primary N) is 1. The summed E-state index contributed by atoms with van der Waals surface area (Å²) in [4.78, 5) is 22.1. The summed E-state index contributed by atoms with van der Waals surface area (Å²) in [5.41, 5.74) is 0.449. The number of ether oxygens (including phenoxy) is 1. The van der Waals surface area contributed by atoms with Crippen LogP contribution in [0.3, 0.4) is 0 Å². The number of hydrogen-bond donors (Lipinski definition) is 1. The molecular formula is C16H14N2O6S. The van der Waals surface area contributed by atoms with E-state index in [4.69, 9.17) is 9.88 Å². The molecule has 0 aliphatic carbocycles. The number of carbonyl (C=O) groups excluding carboxylic acids is 1. The van der Waals surface area contributed by atoms with Crippen molar-refractivity contribution in [2.45, 2.75) is 4.90 Å². The maximum Gasteiger partial charge on any atom is 0.270 e. The van der Waals surface area contributed by atoms with Crippen molar-refractivity contribution in [2.75, 3.05) is 7.11 Å². The molecule has 0 saturated heterocycles. The molecule has 8 nitrogen and oxygen atoms in total. The Bertz CT molecular complexity index is 966. The molecule has 0 heterocycles. The first-order chi connectivity index (χ1) is 11.7. The number of allylic oxidation sites excluding steroid dienone is 1. The first-order valence-electron chi connectivity index (χ1n) is 6.90. The largest absolute Gasteiger partial charge is 0.495 e. The SMILES string of the molecule is COc1ccc(C(=O)/C=C/c2cccc([N+](=O)[O-])c2)cc1S(N)(=O)=O. The molecular weight excluding hydrogens is 348 g/mol. The molecule has 2 aromatic carbocycles. The summed E-state index contributed by atoms with van der Waals surface area (Å²) < 4.78 is 28.1. The van der Waals surface area contributed by atoms with Gasteiger partial charge in [0.1, 0.15) is 10.6 Å². The lowest BCUT2D eigenvalue weighted by molar-refractivity contribution is -0.384. The minimum absolute atomic E-state index is 0.0294. The molecule has 0 spiro atoms. The van der Waals surface area contributed by atoms with E-state index in [-0.39, 0.29) is 21.9 Å². The molecule has 0 aliphatic heterocycles. The van der Waals surface area contributed by atoms with E-state index in [0.29, 0.717) is 5.56 Å². The zero-order valence-corrected chi connectivity index (χ0v) is 13.9. The fourth-order valence-corrected chi connectivity index (χ4v) is 2.79. The van der Waals surface area contributed by atoms with Crippen molar-refractivity contribution < 1.29 is 22.9 Å². The summed E-state index contributed by atoms with van der Waals surface area (Å²) in [5, 5.41) is 15.8. The molecule has 2 aromatic rings. The number of methoxy groups -OCH3 is 1. The van der Waals surface area contributed by atoms with E-state index in [1.165, 1.54) is 49.6 Å². The lowest BCUT2D eigenvalue weighted by Crippen LogP contribution is -2.14. The van der Waals surface area contributed by atoms with Crippen LogP contribution in [0, 0.1) is 10.1 Å². The predicted octanol–water partition coefficient (Wildman–Crippen LogP) is 2.15. The second kappa shape index (κ2) is 7.24. The molecule has 0 bridgehead atoms. The van der Waals surface area contributed by atoms with Gasteiger partial charge in [0.25, 0.3) is 5.69 Å². The third-order valence-electron chi connectivity index (χ3n) is 3.26. The highest BCUT2D eigenvalue weighted by Crippen LogP contribution is 2.24. The van der Waals surface area contributed by atoms with E-state index in [9.17, 15) is 23.3 Å². The van der Waals surface area contributed by atoms with Gasteiger partial charge in [-0.2, -0.15) is 0 Å². The fourth-order valence-electron chi connectivity index (χ4n) is 2.06. The summed E-state index contributed by atoms with van der Waals surface area (Å²) in [6.07, 6.45) is 2.59. The van der Waals surface area contributed by atoms with Gasteiger partial charge in [0.15, 0.2) is 5.78 Å². The van der Waals surface area contributed by atoms with E-state index in [1.807, 2.05) is 0 Å².